The molecule has 0 aliphatic carbocycles. The van der Waals surface area contributed by atoms with Crippen molar-refractivity contribution in [3.05, 3.63) is 39.4 Å². The number of carbonyl (C=O) groups is 4. The number of ether oxygens (including phenoxy) is 1. The Kier molecular flexibility index (Phi) is 6.14. The number of hydrogen-bond donors (Lipinski definition) is 0. The Bertz CT molecular complexity index is 904. The van der Waals surface area contributed by atoms with Crippen LogP contribution in [0.4, 0.5) is 5.69 Å². The van der Waals surface area contributed by atoms with Crippen molar-refractivity contribution in [2.24, 2.45) is 11.8 Å². The summed E-state index contributed by atoms with van der Waals surface area (Å²) in [6, 6.07) is 3.81. The van der Waals surface area contributed by atoms with Crippen molar-refractivity contribution in [2.75, 3.05) is 26.2 Å². The predicted molar refractivity (Wildman–Crippen MR) is 104 cm³/mol. The molecule has 0 N–H and O–H groups in total. The second-order valence-electron chi connectivity index (χ2n) is 7.87. The molecule has 2 atom stereocenters. The molecule has 2 unspecified atom stereocenters. The Hall–Kier alpha value is -3.30. The van der Waals surface area contributed by atoms with Gasteiger partial charge in [-0.3, -0.25) is 34.2 Å². The number of nitro groups is 1. The third kappa shape index (κ3) is 4.32. The molecule has 1 aromatic carbocycles. The van der Waals surface area contributed by atoms with Gasteiger partial charge in [-0.05, 0) is 24.3 Å². The number of amides is 3. The van der Waals surface area contributed by atoms with Crippen molar-refractivity contribution in [3.63, 3.8) is 0 Å². The van der Waals surface area contributed by atoms with Gasteiger partial charge in [-0.2, -0.15) is 0 Å². The Balaban J connectivity index is 1.53. The van der Waals surface area contributed by atoms with E-state index in [1.165, 1.54) is 12.1 Å². The van der Waals surface area contributed by atoms with Crippen LogP contribution >= 0.6 is 0 Å². The SMILES string of the molecule is CC1CC(C)CN(C(=O)COC(=O)CCN2C(=O)c3cccc([N+](=O)[O-])c3C2=O)C1. The fraction of sp³-hybridized carbons (Fsp3) is 0.500. The van der Waals surface area contributed by atoms with Gasteiger partial charge in [0.05, 0.1) is 16.9 Å². The Morgan fingerprint density at radius 3 is 2.47 bits per heavy atom. The van der Waals surface area contributed by atoms with E-state index in [0.717, 1.165) is 17.4 Å². The molecule has 10 heteroatoms. The lowest BCUT2D eigenvalue weighted by Gasteiger charge is -2.34. The minimum absolute atomic E-state index is 0.0638. The minimum atomic E-state index is -0.817. The van der Waals surface area contributed by atoms with E-state index in [-0.39, 0.29) is 30.0 Å². The van der Waals surface area contributed by atoms with Crippen LogP contribution in [-0.2, 0) is 14.3 Å². The predicted octanol–water partition coefficient (Wildman–Crippen LogP) is 1.63. The highest BCUT2D eigenvalue weighted by Crippen LogP contribution is 2.30. The number of imide groups is 1. The monoisotopic (exact) mass is 417 g/mol. The largest absolute Gasteiger partial charge is 0.456 e. The number of esters is 1. The van der Waals surface area contributed by atoms with E-state index < -0.39 is 35.0 Å². The van der Waals surface area contributed by atoms with E-state index in [1.54, 1.807) is 4.90 Å². The quantitative estimate of drug-likeness (QED) is 0.298. The summed E-state index contributed by atoms with van der Waals surface area (Å²) in [5, 5.41) is 11.1. The van der Waals surface area contributed by atoms with Crippen LogP contribution in [0.1, 0.15) is 47.4 Å². The zero-order valence-electron chi connectivity index (χ0n) is 16.8. The fourth-order valence-corrected chi connectivity index (χ4v) is 4.05. The molecule has 10 nitrogen and oxygen atoms in total. The first kappa shape index (κ1) is 21.4. The number of piperidine rings is 1. The lowest BCUT2D eigenvalue weighted by atomic mass is 9.92. The minimum Gasteiger partial charge on any atom is -0.456 e. The van der Waals surface area contributed by atoms with E-state index in [9.17, 15) is 29.3 Å². The zero-order valence-corrected chi connectivity index (χ0v) is 16.8. The normalized spacial score (nSPS) is 20.9. The maximum atomic E-state index is 12.5. The first-order chi connectivity index (χ1) is 14.2. The summed E-state index contributed by atoms with van der Waals surface area (Å²) in [4.78, 5) is 62.0. The topological polar surface area (TPSA) is 127 Å². The molecule has 0 radical (unpaired) electrons. The molecule has 0 aromatic heterocycles. The van der Waals surface area contributed by atoms with Gasteiger partial charge >= 0.3 is 5.97 Å². The van der Waals surface area contributed by atoms with Gasteiger partial charge < -0.3 is 9.64 Å². The molecular formula is C20H23N3O7. The van der Waals surface area contributed by atoms with Crippen LogP contribution < -0.4 is 0 Å². The molecule has 2 aliphatic heterocycles. The van der Waals surface area contributed by atoms with Gasteiger partial charge in [-0.25, -0.2) is 0 Å². The summed E-state index contributed by atoms with van der Waals surface area (Å²) < 4.78 is 5.01. The highest BCUT2D eigenvalue weighted by molar-refractivity contribution is 6.23. The first-order valence-corrected chi connectivity index (χ1v) is 9.76. The summed E-state index contributed by atoms with van der Waals surface area (Å²) in [7, 11) is 0. The van der Waals surface area contributed by atoms with Crippen molar-refractivity contribution < 1.29 is 28.8 Å². The van der Waals surface area contributed by atoms with Crippen molar-refractivity contribution in [1.29, 1.82) is 0 Å². The Morgan fingerprint density at radius 2 is 1.83 bits per heavy atom. The second-order valence-corrected chi connectivity index (χ2v) is 7.87. The Labute approximate surface area is 172 Å². The van der Waals surface area contributed by atoms with E-state index in [4.69, 9.17) is 4.74 Å². The average Bonchev–Trinajstić information content (AvgIpc) is 2.94. The van der Waals surface area contributed by atoms with Gasteiger partial charge in [0, 0.05) is 25.7 Å². The van der Waals surface area contributed by atoms with Gasteiger partial charge in [0.1, 0.15) is 5.56 Å². The van der Waals surface area contributed by atoms with Crippen molar-refractivity contribution in [2.45, 2.75) is 26.7 Å². The number of carbonyl (C=O) groups excluding carboxylic acids is 4. The number of fused-ring (bicyclic) bond motifs is 1. The van der Waals surface area contributed by atoms with Crippen LogP contribution in [0.2, 0.25) is 0 Å². The van der Waals surface area contributed by atoms with E-state index >= 15 is 0 Å². The maximum absolute atomic E-state index is 12.5. The summed E-state index contributed by atoms with van der Waals surface area (Å²) in [5.41, 5.74) is -0.790. The number of nitrogens with zero attached hydrogens (tertiary/aromatic N) is 3. The maximum Gasteiger partial charge on any atom is 0.308 e. The van der Waals surface area contributed by atoms with Crippen molar-refractivity contribution in [1.82, 2.24) is 9.80 Å². The molecule has 2 heterocycles. The standard InChI is InChI=1S/C20H23N3O7/c1-12-8-13(2)10-21(9-12)16(24)11-30-17(25)6-7-22-19(26)14-4-3-5-15(23(28)29)18(14)20(22)27/h3-5,12-13H,6-11H2,1-2H3. The van der Waals surface area contributed by atoms with Crippen LogP contribution in [-0.4, -0.2) is 64.7 Å². The molecule has 30 heavy (non-hydrogen) atoms. The molecule has 0 spiro atoms. The van der Waals surface area contributed by atoms with Crippen molar-refractivity contribution in [3.8, 4) is 0 Å². The molecule has 0 saturated carbocycles. The second kappa shape index (κ2) is 8.60. The molecule has 2 aliphatic rings. The molecule has 1 saturated heterocycles. The molecule has 3 rings (SSSR count). The van der Waals surface area contributed by atoms with E-state index in [1.807, 2.05) is 0 Å². The summed E-state index contributed by atoms with van der Waals surface area (Å²) in [5.74, 6) is -1.76. The number of nitro benzene ring substituents is 1. The van der Waals surface area contributed by atoms with Gasteiger partial charge in [-0.15, -0.1) is 0 Å². The Morgan fingerprint density at radius 1 is 1.17 bits per heavy atom. The third-order valence-corrected chi connectivity index (χ3v) is 5.29. The van der Waals surface area contributed by atoms with Gasteiger partial charge in [0.25, 0.3) is 23.4 Å². The van der Waals surface area contributed by atoms with Crippen LogP contribution in [0.5, 0.6) is 0 Å². The zero-order chi connectivity index (χ0) is 22.0. The molecular weight excluding hydrogens is 394 g/mol. The number of hydrogen-bond acceptors (Lipinski definition) is 7. The molecule has 0 bridgehead atoms. The average molecular weight is 417 g/mol. The van der Waals surface area contributed by atoms with Crippen LogP contribution in [0, 0.1) is 22.0 Å². The molecule has 3 amide bonds. The number of rotatable bonds is 6. The smallest absolute Gasteiger partial charge is 0.308 e. The van der Waals surface area contributed by atoms with E-state index in [2.05, 4.69) is 13.8 Å². The first-order valence-electron chi connectivity index (χ1n) is 9.76. The summed E-state index contributed by atoms with van der Waals surface area (Å²) in [6.07, 6.45) is 0.737. The summed E-state index contributed by atoms with van der Waals surface area (Å²) in [6.45, 7) is 4.69. The van der Waals surface area contributed by atoms with Gasteiger partial charge in [0.2, 0.25) is 0 Å². The van der Waals surface area contributed by atoms with Crippen LogP contribution in [0.3, 0.4) is 0 Å². The number of likely N-dealkylation sites (tertiary alicyclic amines) is 1. The molecule has 1 fully saturated rings. The van der Waals surface area contributed by atoms with Crippen LogP contribution in [0.25, 0.3) is 0 Å². The third-order valence-electron chi connectivity index (χ3n) is 5.29. The lowest BCUT2D eigenvalue weighted by molar-refractivity contribution is -0.385. The van der Waals surface area contributed by atoms with Gasteiger partial charge in [0.15, 0.2) is 6.61 Å². The number of benzene rings is 1. The summed E-state index contributed by atoms with van der Waals surface area (Å²) >= 11 is 0. The van der Waals surface area contributed by atoms with Crippen LogP contribution in [0.15, 0.2) is 18.2 Å². The highest BCUT2D eigenvalue weighted by Gasteiger charge is 2.40. The van der Waals surface area contributed by atoms with Gasteiger partial charge in [-0.1, -0.05) is 19.9 Å². The highest BCUT2D eigenvalue weighted by atomic mass is 16.6. The molecule has 160 valence electrons. The fourth-order valence-electron chi connectivity index (χ4n) is 4.05. The van der Waals surface area contributed by atoms with Crippen molar-refractivity contribution >= 4 is 29.4 Å². The van der Waals surface area contributed by atoms with E-state index in [0.29, 0.717) is 24.9 Å². The molecule has 1 aromatic rings. The lowest BCUT2D eigenvalue weighted by Crippen LogP contribution is -2.44.